The van der Waals surface area contributed by atoms with Crippen molar-refractivity contribution in [3.8, 4) is 0 Å². The van der Waals surface area contributed by atoms with Gasteiger partial charge in [0.25, 0.3) is 0 Å². The lowest BCUT2D eigenvalue weighted by molar-refractivity contribution is -0.123. The Morgan fingerprint density at radius 3 is 1.63 bits per heavy atom. The molecule has 0 spiro atoms. The third-order valence-corrected chi connectivity index (χ3v) is 7.42. The molecule has 0 fully saturated rings. The standard InChI is InChI=1S/C39H67NO3/c1-3-5-7-9-11-13-14-15-16-17-18-19-20-21-22-23-24-25-26-27-29-31-33-35-39(43)40-37(36-41)38(42)34-32-30-28-12-10-8-6-4-2/h5,7,10-13,15-16,18-19,32,34,37-38,41-42H,3-4,6,8-9,14,17,20-31,33,35-36H2,1-2H3,(H,40,43)/b7-5-,12-10+,13-11-,16-15-,19-18-,34-32+. The van der Waals surface area contributed by atoms with E-state index in [0.717, 1.165) is 57.8 Å². The molecule has 2 atom stereocenters. The SMILES string of the molecule is CC/C=C\C/C=C\C/C=C\C/C=C\CCCCCCCCCCCCC(=O)NC(CO)C(O)/C=C/CC/C=C/CCCC. The molecule has 0 heterocycles. The van der Waals surface area contributed by atoms with Crippen molar-refractivity contribution in [1.29, 1.82) is 0 Å². The van der Waals surface area contributed by atoms with Gasteiger partial charge in [0.05, 0.1) is 18.8 Å². The van der Waals surface area contributed by atoms with Crippen molar-refractivity contribution < 1.29 is 15.0 Å². The first-order chi connectivity index (χ1) is 21.2. The smallest absolute Gasteiger partial charge is 0.220 e. The molecular formula is C39H67NO3. The van der Waals surface area contributed by atoms with E-state index in [2.05, 4.69) is 79.9 Å². The fraction of sp³-hybridized carbons (Fsp3) is 0.667. The van der Waals surface area contributed by atoms with E-state index in [0.29, 0.717) is 6.42 Å². The van der Waals surface area contributed by atoms with Crippen LogP contribution in [0.15, 0.2) is 72.9 Å². The van der Waals surface area contributed by atoms with Crippen molar-refractivity contribution in [3.05, 3.63) is 72.9 Å². The summed E-state index contributed by atoms with van der Waals surface area (Å²) in [5.74, 6) is -0.0874. The van der Waals surface area contributed by atoms with Gasteiger partial charge in [-0.25, -0.2) is 0 Å². The Bertz CT molecular complexity index is 777. The number of hydrogen-bond donors (Lipinski definition) is 3. The number of allylic oxidation sites excluding steroid dienone is 11. The predicted molar refractivity (Wildman–Crippen MR) is 188 cm³/mol. The molecule has 0 radical (unpaired) electrons. The summed E-state index contributed by atoms with van der Waals surface area (Å²) in [5, 5.41) is 22.7. The second kappa shape index (κ2) is 34.3. The van der Waals surface area contributed by atoms with E-state index in [1.165, 1.54) is 70.6 Å². The van der Waals surface area contributed by atoms with Gasteiger partial charge in [0.2, 0.25) is 5.91 Å². The van der Waals surface area contributed by atoms with Crippen LogP contribution in [0.1, 0.15) is 149 Å². The van der Waals surface area contributed by atoms with E-state index in [4.69, 9.17) is 0 Å². The lowest BCUT2D eigenvalue weighted by atomic mass is 10.0. The second-order valence-electron chi connectivity index (χ2n) is 11.5. The van der Waals surface area contributed by atoms with Crippen LogP contribution in [0, 0.1) is 0 Å². The highest BCUT2D eigenvalue weighted by molar-refractivity contribution is 5.76. The zero-order chi connectivity index (χ0) is 31.5. The molecule has 4 heteroatoms. The van der Waals surface area contributed by atoms with Crippen molar-refractivity contribution in [3.63, 3.8) is 0 Å². The maximum absolute atomic E-state index is 12.3. The Morgan fingerprint density at radius 2 is 1.05 bits per heavy atom. The number of rotatable bonds is 30. The fourth-order valence-corrected chi connectivity index (χ4v) is 4.70. The average molecular weight is 598 g/mol. The van der Waals surface area contributed by atoms with Gasteiger partial charge in [-0.3, -0.25) is 4.79 Å². The minimum Gasteiger partial charge on any atom is -0.394 e. The van der Waals surface area contributed by atoms with Crippen molar-refractivity contribution in [2.24, 2.45) is 0 Å². The number of aliphatic hydroxyl groups excluding tert-OH is 2. The van der Waals surface area contributed by atoms with Gasteiger partial charge in [0.15, 0.2) is 0 Å². The summed E-state index contributed by atoms with van der Waals surface area (Å²) in [6.45, 7) is 4.09. The Labute approximate surface area is 266 Å². The van der Waals surface area contributed by atoms with Crippen molar-refractivity contribution in [2.75, 3.05) is 6.61 Å². The summed E-state index contributed by atoms with van der Waals surface area (Å²) in [5.41, 5.74) is 0. The normalized spacial score (nSPS) is 14.0. The molecule has 0 aromatic heterocycles. The molecule has 0 rings (SSSR count). The van der Waals surface area contributed by atoms with E-state index >= 15 is 0 Å². The van der Waals surface area contributed by atoms with Crippen LogP contribution < -0.4 is 5.32 Å². The molecule has 4 nitrogen and oxygen atoms in total. The maximum atomic E-state index is 12.3. The number of carbonyl (C=O) groups is 1. The first-order valence-corrected chi connectivity index (χ1v) is 17.7. The molecule has 0 aliphatic carbocycles. The number of unbranched alkanes of at least 4 members (excludes halogenated alkanes) is 13. The van der Waals surface area contributed by atoms with Crippen LogP contribution in [0.2, 0.25) is 0 Å². The summed E-state index contributed by atoms with van der Waals surface area (Å²) in [6.07, 6.45) is 48.5. The van der Waals surface area contributed by atoms with Gasteiger partial charge in [0, 0.05) is 6.42 Å². The highest BCUT2D eigenvalue weighted by Crippen LogP contribution is 2.12. The molecule has 0 aliphatic heterocycles. The van der Waals surface area contributed by atoms with Crippen molar-refractivity contribution in [1.82, 2.24) is 5.32 Å². The van der Waals surface area contributed by atoms with Gasteiger partial charge in [-0.15, -0.1) is 0 Å². The molecule has 0 saturated carbocycles. The molecule has 3 N–H and O–H groups in total. The first-order valence-electron chi connectivity index (χ1n) is 17.7. The molecule has 2 unspecified atom stereocenters. The summed E-state index contributed by atoms with van der Waals surface area (Å²) >= 11 is 0. The molecule has 246 valence electrons. The van der Waals surface area contributed by atoms with Crippen LogP contribution >= 0.6 is 0 Å². The molecule has 0 aromatic carbocycles. The molecule has 0 aliphatic rings. The van der Waals surface area contributed by atoms with Crippen LogP contribution in [0.25, 0.3) is 0 Å². The van der Waals surface area contributed by atoms with Crippen LogP contribution in [0.5, 0.6) is 0 Å². The molecule has 0 saturated heterocycles. The average Bonchev–Trinajstić information content (AvgIpc) is 3.01. The fourth-order valence-electron chi connectivity index (χ4n) is 4.70. The number of amides is 1. The number of carbonyl (C=O) groups excluding carboxylic acids is 1. The maximum Gasteiger partial charge on any atom is 0.220 e. The zero-order valence-electron chi connectivity index (χ0n) is 27.9. The van der Waals surface area contributed by atoms with Crippen molar-refractivity contribution >= 4 is 5.91 Å². The summed E-state index contributed by atoms with van der Waals surface area (Å²) in [4.78, 5) is 12.3. The van der Waals surface area contributed by atoms with Crippen LogP contribution in [0.3, 0.4) is 0 Å². The third-order valence-electron chi connectivity index (χ3n) is 7.42. The Kier molecular flexibility index (Phi) is 32.6. The molecule has 43 heavy (non-hydrogen) atoms. The van der Waals surface area contributed by atoms with E-state index in [-0.39, 0.29) is 12.5 Å². The number of aliphatic hydroxyl groups is 2. The Hall–Kier alpha value is -2.17. The monoisotopic (exact) mass is 598 g/mol. The highest BCUT2D eigenvalue weighted by Gasteiger charge is 2.17. The van der Waals surface area contributed by atoms with Crippen LogP contribution in [0.4, 0.5) is 0 Å². The predicted octanol–water partition coefficient (Wildman–Crippen LogP) is 10.4. The minimum atomic E-state index is -0.863. The first kappa shape index (κ1) is 40.8. The van der Waals surface area contributed by atoms with E-state index in [9.17, 15) is 15.0 Å². The number of nitrogens with one attached hydrogen (secondary N) is 1. The third kappa shape index (κ3) is 31.1. The van der Waals surface area contributed by atoms with Crippen molar-refractivity contribution in [2.45, 2.75) is 161 Å². The van der Waals surface area contributed by atoms with Gasteiger partial charge >= 0.3 is 0 Å². The summed E-state index contributed by atoms with van der Waals surface area (Å²) in [6, 6.07) is -0.641. The van der Waals surface area contributed by atoms with E-state index in [1.54, 1.807) is 6.08 Å². The number of hydrogen-bond acceptors (Lipinski definition) is 3. The summed E-state index contributed by atoms with van der Waals surface area (Å²) in [7, 11) is 0. The zero-order valence-corrected chi connectivity index (χ0v) is 27.9. The van der Waals surface area contributed by atoms with Crippen LogP contribution in [-0.2, 0) is 4.79 Å². The van der Waals surface area contributed by atoms with E-state index < -0.39 is 12.1 Å². The van der Waals surface area contributed by atoms with Gasteiger partial charge in [-0.2, -0.15) is 0 Å². The highest BCUT2D eigenvalue weighted by atomic mass is 16.3. The van der Waals surface area contributed by atoms with Gasteiger partial charge in [-0.1, -0.05) is 151 Å². The minimum absolute atomic E-state index is 0.0874. The van der Waals surface area contributed by atoms with Crippen LogP contribution in [-0.4, -0.2) is 34.9 Å². The molecular weight excluding hydrogens is 530 g/mol. The molecule has 0 bridgehead atoms. The van der Waals surface area contributed by atoms with Gasteiger partial charge < -0.3 is 15.5 Å². The van der Waals surface area contributed by atoms with Gasteiger partial charge in [-0.05, 0) is 64.2 Å². The Morgan fingerprint density at radius 1 is 0.581 bits per heavy atom. The largest absolute Gasteiger partial charge is 0.394 e. The van der Waals surface area contributed by atoms with E-state index in [1.807, 2.05) is 6.08 Å². The Balaban J connectivity index is 3.61. The molecule has 0 aromatic rings. The van der Waals surface area contributed by atoms with Gasteiger partial charge in [0.1, 0.15) is 0 Å². The lowest BCUT2D eigenvalue weighted by Gasteiger charge is -2.19. The quantitative estimate of drug-likeness (QED) is 0.0570. The topological polar surface area (TPSA) is 69.6 Å². The second-order valence-corrected chi connectivity index (χ2v) is 11.5. The lowest BCUT2D eigenvalue weighted by Crippen LogP contribution is -2.45. The summed E-state index contributed by atoms with van der Waals surface area (Å²) < 4.78 is 0. The molecule has 1 amide bonds.